The van der Waals surface area contributed by atoms with Crippen LogP contribution < -0.4 is 10.0 Å². The summed E-state index contributed by atoms with van der Waals surface area (Å²) in [6.07, 6.45) is 0.695. The second-order valence-electron chi connectivity index (χ2n) is 6.14. The first-order valence-corrected chi connectivity index (χ1v) is 10.5. The SMILES string of the molecule is O=C(NCCc1ccccc1)c1cccc(S(=O)(=O)Nc2cccc(Cl)c2)c1. The van der Waals surface area contributed by atoms with Gasteiger partial charge in [0.1, 0.15) is 0 Å². The number of benzene rings is 3. The van der Waals surface area contributed by atoms with E-state index in [9.17, 15) is 13.2 Å². The van der Waals surface area contributed by atoms with Gasteiger partial charge in [-0.3, -0.25) is 9.52 Å². The molecule has 3 rings (SSSR count). The maximum atomic E-state index is 12.6. The van der Waals surface area contributed by atoms with Gasteiger partial charge >= 0.3 is 0 Å². The Kier molecular flexibility index (Phi) is 6.34. The first kappa shape index (κ1) is 19.9. The van der Waals surface area contributed by atoms with Crippen molar-refractivity contribution in [3.63, 3.8) is 0 Å². The number of nitrogens with one attached hydrogen (secondary N) is 2. The molecule has 0 fully saturated rings. The standard InChI is InChI=1S/C21H19ClN2O3S/c22-18-9-5-10-19(15-18)24-28(26,27)20-11-4-8-17(14-20)21(25)23-13-12-16-6-2-1-3-7-16/h1-11,14-15,24H,12-13H2,(H,23,25). The summed E-state index contributed by atoms with van der Waals surface area (Å²) < 4.78 is 27.7. The summed E-state index contributed by atoms with van der Waals surface area (Å²) in [6.45, 7) is 0.459. The molecule has 2 N–H and O–H groups in total. The number of halogens is 1. The Hall–Kier alpha value is -2.83. The third-order valence-electron chi connectivity index (χ3n) is 4.03. The van der Waals surface area contributed by atoms with Gasteiger partial charge in [-0.05, 0) is 48.4 Å². The summed E-state index contributed by atoms with van der Waals surface area (Å²) in [4.78, 5) is 12.4. The van der Waals surface area contributed by atoms with Gasteiger partial charge < -0.3 is 5.32 Å². The molecule has 0 saturated carbocycles. The van der Waals surface area contributed by atoms with Crippen molar-refractivity contribution in [1.82, 2.24) is 5.32 Å². The molecule has 5 nitrogen and oxygen atoms in total. The van der Waals surface area contributed by atoms with E-state index in [0.717, 1.165) is 5.56 Å². The number of amides is 1. The van der Waals surface area contributed by atoms with Crippen LogP contribution in [0.1, 0.15) is 15.9 Å². The van der Waals surface area contributed by atoms with Crippen molar-refractivity contribution in [2.24, 2.45) is 0 Å². The molecular weight excluding hydrogens is 396 g/mol. The van der Waals surface area contributed by atoms with E-state index in [-0.39, 0.29) is 16.4 Å². The average molecular weight is 415 g/mol. The van der Waals surface area contributed by atoms with Gasteiger partial charge in [-0.15, -0.1) is 0 Å². The van der Waals surface area contributed by atoms with Crippen molar-refractivity contribution in [3.8, 4) is 0 Å². The number of hydrogen-bond acceptors (Lipinski definition) is 3. The summed E-state index contributed by atoms with van der Waals surface area (Å²) in [5.74, 6) is -0.323. The quantitative estimate of drug-likeness (QED) is 0.610. The summed E-state index contributed by atoms with van der Waals surface area (Å²) in [6, 6.07) is 22.1. The van der Waals surface area contributed by atoms with E-state index in [2.05, 4.69) is 10.0 Å². The van der Waals surface area contributed by atoms with Crippen LogP contribution in [0.25, 0.3) is 0 Å². The van der Waals surface area contributed by atoms with E-state index in [4.69, 9.17) is 11.6 Å². The van der Waals surface area contributed by atoms with Crippen LogP contribution in [-0.2, 0) is 16.4 Å². The summed E-state index contributed by atoms with van der Waals surface area (Å²) in [5, 5.41) is 3.23. The summed E-state index contributed by atoms with van der Waals surface area (Å²) >= 11 is 5.89. The van der Waals surface area contributed by atoms with E-state index in [1.807, 2.05) is 30.3 Å². The second-order valence-corrected chi connectivity index (χ2v) is 8.25. The molecule has 0 bridgehead atoms. The van der Waals surface area contributed by atoms with Crippen LogP contribution in [-0.4, -0.2) is 20.9 Å². The molecule has 0 spiro atoms. The molecule has 0 saturated heterocycles. The van der Waals surface area contributed by atoms with Crippen LogP contribution in [0, 0.1) is 0 Å². The number of rotatable bonds is 7. The van der Waals surface area contributed by atoms with E-state index < -0.39 is 10.0 Å². The maximum absolute atomic E-state index is 12.6. The fourth-order valence-electron chi connectivity index (χ4n) is 2.64. The largest absolute Gasteiger partial charge is 0.352 e. The van der Waals surface area contributed by atoms with Gasteiger partial charge in [0.05, 0.1) is 10.6 Å². The fourth-order valence-corrected chi connectivity index (χ4v) is 3.92. The third-order valence-corrected chi connectivity index (χ3v) is 5.64. The van der Waals surface area contributed by atoms with E-state index in [1.54, 1.807) is 30.3 Å². The van der Waals surface area contributed by atoms with Crippen molar-refractivity contribution in [1.29, 1.82) is 0 Å². The van der Waals surface area contributed by atoms with E-state index in [1.165, 1.54) is 18.2 Å². The molecule has 0 aliphatic carbocycles. The Balaban J connectivity index is 1.67. The predicted octanol–water partition coefficient (Wildman–Crippen LogP) is 4.11. The molecule has 7 heteroatoms. The lowest BCUT2D eigenvalue weighted by Gasteiger charge is -2.10. The number of carbonyl (C=O) groups is 1. The molecule has 28 heavy (non-hydrogen) atoms. The lowest BCUT2D eigenvalue weighted by atomic mass is 10.1. The number of carbonyl (C=O) groups excluding carboxylic acids is 1. The van der Waals surface area contributed by atoms with Gasteiger partial charge in [0.2, 0.25) is 0 Å². The van der Waals surface area contributed by atoms with Crippen LogP contribution in [0.4, 0.5) is 5.69 Å². The molecule has 144 valence electrons. The van der Waals surface area contributed by atoms with E-state index in [0.29, 0.717) is 23.7 Å². The second kappa shape index (κ2) is 8.91. The minimum Gasteiger partial charge on any atom is -0.352 e. The highest BCUT2D eigenvalue weighted by atomic mass is 35.5. The molecule has 0 aromatic heterocycles. The minimum absolute atomic E-state index is 0.00295. The molecule has 1 amide bonds. The van der Waals surface area contributed by atoms with Gasteiger partial charge in [-0.1, -0.05) is 54.1 Å². The lowest BCUT2D eigenvalue weighted by molar-refractivity contribution is 0.0954. The molecule has 0 radical (unpaired) electrons. The summed E-state index contributed by atoms with van der Waals surface area (Å²) in [7, 11) is -3.84. The monoisotopic (exact) mass is 414 g/mol. The highest BCUT2D eigenvalue weighted by Crippen LogP contribution is 2.20. The molecule has 0 aliphatic heterocycles. The Morgan fingerprint density at radius 3 is 2.39 bits per heavy atom. The molecular formula is C21H19ClN2O3S. The smallest absolute Gasteiger partial charge is 0.261 e. The maximum Gasteiger partial charge on any atom is 0.261 e. The molecule has 0 atom stereocenters. The Labute approximate surface area is 169 Å². The van der Waals surface area contributed by atoms with Gasteiger partial charge in [-0.2, -0.15) is 0 Å². The number of hydrogen-bond donors (Lipinski definition) is 2. The fraction of sp³-hybridized carbons (Fsp3) is 0.0952. The molecule has 0 aliphatic rings. The van der Waals surface area contributed by atoms with Gasteiger partial charge in [-0.25, -0.2) is 8.42 Å². The van der Waals surface area contributed by atoms with Crippen molar-refractivity contribution in [2.75, 3.05) is 11.3 Å². The number of sulfonamides is 1. The van der Waals surface area contributed by atoms with Crippen LogP contribution in [0.3, 0.4) is 0 Å². The van der Waals surface area contributed by atoms with Crippen LogP contribution in [0.5, 0.6) is 0 Å². The Morgan fingerprint density at radius 1 is 0.893 bits per heavy atom. The zero-order valence-electron chi connectivity index (χ0n) is 14.9. The van der Waals surface area contributed by atoms with Crippen molar-refractivity contribution in [2.45, 2.75) is 11.3 Å². The average Bonchev–Trinajstić information content (AvgIpc) is 2.68. The molecule has 3 aromatic carbocycles. The predicted molar refractivity (Wildman–Crippen MR) is 111 cm³/mol. The first-order chi connectivity index (χ1) is 13.4. The zero-order chi connectivity index (χ0) is 20.0. The van der Waals surface area contributed by atoms with Crippen molar-refractivity contribution < 1.29 is 13.2 Å². The molecule has 0 unspecified atom stereocenters. The van der Waals surface area contributed by atoms with Gasteiger partial charge in [0.15, 0.2) is 0 Å². The lowest BCUT2D eigenvalue weighted by Crippen LogP contribution is -2.26. The summed E-state index contributed by atoms with van der Waals surface area (Å²) in [5.41, 5.74) is 1.75. The first-order valence-electron chi connectivity index (χ1n) is 8.65. The van der Waals surface area contributed by atoms with Crippen LogP contribution >= 0.6 is 11.6 Å². The Bertz CT molecular complexity index is 1070. The normalized spacial score (nSPS) is 11.0. The third kappa shape index (κ3) is 5.34. The zero-order valence-corrected chi connectivity index (χ0v) is 16.5. The van der Waals surface area contributed by atoms with Crippen molar-refractivity contribution >= 4 is 33.2 Å². The van der Waals surface area contributed by atoms with E-state index >= 15 is 0 Å². The molecule has 0 heterocycles. The van der Waals surface area contributed by atoms with Crippen LogP contribution in [0.15, 0.2) is 83.8 Å². The van der Waals surface area contributed by atoms with Crippen LogP contribution in [0.2, 0.25) is 5.02 Å². The van der Waals surface area contributed by atoms with Gasteiger partial charge in [0, 0.05) is 17.1 Å². The Morgan fingerprint density at radius 2 is 1.64 bits per heavy atom. The highest BCUT2D eigenvalue weighted by molar-refractivity contribution is 7.92. The topological polar surface area (TPSA) is 75.3 Å². The van der Waals surface area contributed by atoms with Crippen molar-refractivity contribution in [3.05, 3.63) is 95.0 Å². The number of anilines is 1. The highest BCUT2D eigenvalue weighted by Gasteiger charge is 2.16. The minimum atomic E-state index is -3.84. The molecule has 3 aromatic rings. The van der Waals surface area contributed by atoms with Gasteiger partial charge in [0.25, 0.3) is 15.9 Å².